The third kappa shape index (κ3) is 3.36. The zero-order valence-electron chi connectivity index (χ0n) is 11.7. The zero-order chi connectivity index (χ0) is 14.5. The van der Waals surface area contributed by atoms with E-state index >= 15 is 0 Å². The van der Waals surface area contributed by atoms with Crippen LogP contribution in [0.25, 0.3) is 0 Å². The number of rotatable bonds is 5. The van der Waals surface area contributed by atoms with Crippen molar-refractivity contribution in [1.29, 1.82) is 0 Å². The van der Waals surface area contributed by atoms with Gasteiger partial charge in [0.1, 0.15) is 11.5 Å². The molecule has 3 heteroatoms. The minimum atomic E-state index is 0.459. The molecule has 0 radical (unpaired) electrons. The number of ether oxygens (including phenoxy) is 1. The van der Waals surface area contributed by atoms with Crippen LogP contribution in [0.1, 0.15) is 37.3 Å². The molecule has 1 atom stereocenters. The fourth-order valence-corrected chi connectivity index (χ4v) is 2.76. The average Bonchev–Trinajstić information content (AvgIpc) is 2.49. The van der Waals surface area contributed by atoms with E-state index in [1.165, 1.54) is 5.56 Å². The second-order valence-corrected chi connectivity index (χ2v) is 5.78. The summed E-state index contributed by atoms with van der Waals surface area (Å²) in [5.74, 6) is 2.08. The molecule has 0 aliphatic heterocycles. The highest BCUT2D eigenvalue weighted by Gasteiger charge is 2.14. The van der Waals surface area contributed by atoms with Crippen LogP contribution in [0.3, 0.4) is 0 Å². The number of hydrogen-bond donors (Lipinski definition) is 0. The first-order valence-electron chi connectivity index (χ1n) is 6.77. The smallest absolute Gasteiger partial charge is 0.150 e. The molecule has 0 spiro atoms. The summed E-state index contributed by atoms with van der Waals surface area (Å²) >= 11 is 9.76. The number of alkyl halides is 1. The molecule has 0 aliphatic carbocycles. The van der Waals surface area contributed by atoms with Gasteiger partial charge in [-0.25, -0.2) is 0 Å². The van der Waals surface area contributed by atoms with Gasteiger partial charge in [0.05, 0.1) is 5.02 Å². The van der Waals surface area contributed by atoms with Gasteiger partial charge in [0.2, 0.25) is 0 Å². The summed E-state index contributed by atoms with van der Waals surface area (Å²) < 4.78 is 6.12. The van der Waals surface area contributed by atoms with E-state index in [4.69, 9.17) is 16.3 Å². The Morgan fingerprint density at radius 2 is 1.90 bits per heavy atom. The highest BCUT2D eigenvalue weighted by atomic mass is 79.9. The zero-order valence-corrected chi connectivity index (χ0v) is 14.0. The Kier molecular flexibility index (Phi) is 5.50. The Balaban J connectivity index is 2.40. The van der Waals surface area contributed by atoms with E-state index < -0.39 is 0 Å². The molecule has 1 unspecified atom stereocenters. The van der Waals surface area contributed by atoms with Gasteiger partial charge in [-0.3, -0.25) is 0 Å². The van der Waals surface area contributed by atoms with Crippen LogP contribution in [0.15, 0.2) is 42.5 Å². The Morgan fingerprint density at radius 1 is 1.15 bits per heavy atom. The lowest BCUT2D eigenvalue weighted by Crippen LogP contribution is -1.97. The Labute approximate surface area is 134 Å². The van der Waals surface area contributed by atoms with Crippen LogP contribution in [0.4, 0.5) is 0 Å². The predicted molar refractivity (Wildman–Crippen MR) is 89.3 cm³/mol. The van der Waals surface area contributed by atoms with Crippen molar-refractivity contribution in [2.45, 2.75) is 31.5 Å². The van der Waals surface area contributed by atoms with Gasteiger partial charge in [-0.05, 0) is 30.0 Å². The summed E-state index contributed by atoms with van der Waals surface area (Å²) in [4.78, 5) is 0. The number of hydrogen-bond acceptors (Lipinski definition) is 1. The molecule has 0 heterocycles. The maximum Gasteiger partial charge on any atom is 0.150 e. The molecule has 2 aromatic rings. The highest BCUT2D eigenvalue weighted by Crippen LogP contribution is 2.37. The molecule has 20 heavy (non-hydrogen) atoms. The maximum atomic E-state index is 6.28. The third-order valence-electron chi connectivity index (χ3n) is 3.47. The van der Waals surface area contributed by atoms with Crippen molar-refractivity contribution in [3.63, 3.8) is 0 Å². The molecular weight excluding hydrogens is 336 g/mol. The molecule has 0 aromatic heterocycles. The Morgan fingerprint density at radius 3 is 2.60 bits per heavy atom. The lowest BCUT2D eigenvalue weighted by molar-refractivity contribution is 0.467. The fraction of sp³-hybridized carbons (Fsp3) is 0.294. The quantitative estimate of drug-likeness (QED) is 0.554. The second-order valence-electron chi connectivity index (χ2n) is 4.81. The standard InChI is InChI=1S/C17H18BrClO/c1-3-12(2)14-8-4-5-10-16(14)20-17-13(11-18)7-6-9-15(17)19/h4-10,12H,3,11H2,1-2H3. The third-order valence-corrected chi connectivity index (χ3v) is 4.37. The van der Waals surface area contributed by atoms with Crippen molar-refractivity contribution in [2.24, 2.45) is 0 Å². The highest BCUT2D eigenvalue weighted by molar-refractivity contribution is 9.08. The lowest BCUT2D eigenvalue weighted by Gasteiger charge is -2.17. The number of benzene rings is 2. The first-order valence-corrected chi connectivity index (χ1v) is 8.27. The molecular formula is C17H18BrClO. The molecule has 1 nitrogen and oxygen atoms in total. The Bertz CT molecular complexity index is 583. The predicted octanol–water partition coefficient (Wildman–Crippen LogP) is 6.54. The van der Waals surface area contributed by atoms with Gasteiger partial charge in [-0.2, -0.15) is 0 Å². The summed E-state index contributed by atoms with van der Waals surface area (Å²) in [6, 6.07) is 14.0. The second kappa shape index (κ2) is 7.14. The minimum absolute atomic E-state index is 0.459. The maximum absolute atomic E-state index is 6.28. The van der Waals surface area contributed by atoms with Gasteiger partial charge < -0.3 is 4.74 Å². The van der Waals surface area contributed by atoms with E-state index in [-0.39, 0.29) is 0 Å². The lowest BCUT2D eigenvalue weighted by atomic mass is 9.98. The molecule has 0 fully saturated rings. The molecule has 0 saturated heterocycles. The van der Waals surface area contributed by atoms with E-state index in [9.17, 15) is 0 Å². The average molecular weight is 354 g/mol. The normalized spacial score (nSPS) is 12.2. The number of para-hydroxylation sites is 2. The van der Waals surface area contributed by atoms with Gasteiger partial charge in [-0.15, -0.1) is 0 Å². The van der Waals surface area contributed by atoms with Crippen molar-refractivity contribution < 1.29 is 4.74 Å². The van der Waals surface area contributed by atoms with Crippen LogP contribution >= 0.6 is 27.5 Å². The van der Waals surface area contributed by atoms with Crippen LogP contribution in [0.5, 0.6) is 11.5 Å². The first-order chi connectivity index (χ1) is 9.67. The van der Waals surface area contributed by atoms with E-state index in [1.807, 2.05) is 36.4 Å². The van der Waals surface area contributed by atoms with E-state index in [0.717, 1.165) is 23.5 Å². The van der Waals surface area contributed by atoms with Crippen LogP contribution in [-0.2, 0) is 5.33 Å². The van der Waals surface area contributed by atoms with Crippen LogP contribution in [0, 0.1) is 0 Å². The molecule has 2 aromatic carbocycles. The van der Waals surface area contributed by atoms with Crippen LogP contribution in [0.2, 0.25) is 5.02 Å². The summed E-state index contributed by atoms with van der Waals surface area (Å²) in [7, 11) is 0. The van der Waals surface area contributed by atoms with Crippen molar-refractivity contribution in [2.75, 3.05) is 0 Å². The van der Waals surface area contributed by atoms with E-state index in [2.05, 4.69) is 35.8 Å². The van der Waals surface area contributed by atoms with Crippen LogP contribution in [-0.4, -0.2) is 0 Å². The molecule has 0 bridgehead atoms. The topological polar surface area (TPSA) is 9.23 Å². The van der Waals surface area contributed by atoms with Gasteiger partial charge in [0.15, 0.2) is 0 Å². The molecule has 0 amide bonds. The summed E-state index contributed by atoms with van der Waals surface area (Å²) in [5, 5.41) is 1.36. The van der Waals surface area contributed by atoms with Gasteiger partial charge >= 0.3 is 0 Å². The van der Waals surface area contributed by atoms with Crippen molar-refractivity contribution >= 4 is 27.5 Å². The fourth-order valence-electron chi connectivity index (χ4n) is 2.08. The molecule has 0 saturated carbocycles. The largest absolute Gasteiger partial charge is 0.455 e. The first kappa shape index (κ1) is 15.4. The molecule has 0 N–H and O–H groups in total. The van der Waals surface area contributed by atoms with E-state index in [1.54, 1.807) is 0 Å². The summed E-state index contributed by atoms with van der Waals surface area (Å²) in [6.07, 6.45) is 1.08. The summed E-state index contributed by atoms with van der Waals surface area (Å²) in [5.41, 5.74) is 2.27. The van der Waals surface area contributed by atoms with Gasteiger partial charge in [-0.1, -0.05) is 71.7 Å². The Hall–Kier alpha value is -0.990. The van der Waals surface area contributed by atoms with Crippen LogP contribution < -0.4 is 4.74 Å². The monoisotopic (exact) mass is 352 g/mol. The van der Waals surface area contributed by atoms with Crippen molar-refractivity contribution in [3.05, 3.63) is 58.6 Å². The van der Waals surface area contributed by atoms with Gasteiger partial charge in [0, 0.05) is 10.9 Å². The molecule has 2 rings (SSSR count). The molecule has 106 valence electrons. The SMILES string of the molecule is CCC(C)c1ccccc1Oc1c(Cl)cccc1CBr. The van der Waals surface area contributed by atoms with Crippen molar-refractivity contribution in [1.82, 2.24) is 0 Å². The number of halogens is 2. The van der Waals surface area contributed by atoms with E-state index in [0.29, 0.717) is 16.3 Å². The molecule has 0 aliphatic rings. The summed E-state index contributed by atoms with van der Waals surface area (Å²) in [6.45, 7) is 4.39. The van der Waals surface area contributed by atoms with Crippen molar-refractivity contribution in [3.8, 4) is 11.5 Å². The minimum Gasteiger partial charge on any atom is -0.455 e. The van der Waals surface area contributed by atoms with Gasteiger partial charge in [0.25, 0.3) is 0 Å².